The Kier molecular flexibility index (Phi) is 2.44. The molecule has 0 aliphatic heterocycles. The zero-order chi connectivity index (χ0) is 11.0. The summed E-state index contributed by atoms with van der Waals surface area (Å²) in [4.78, 5) is 19.7. The van der Waals surface area contributed by atoms with Gasteiger partial charge in [0.05, 0.1) is 0 Å². The molecule has 0 unspecified atom stereocenters. The number of halogens is 1. The number of imidazole rings is 1. The molecule has 0 spiro atoms. The van der Waals surface area contributed by atoms with Gasteiger partial charge in [0.2, 0.25) is 0 Å². The van der Waals surface area contributed by atoms with Crippen LogP contribution in [-0.2, 0) is 0 Å². The minimum Gasteiger partial charge on any atom is -0.302 e. The van der Waals surface area contributed by atoms with E-state index in [2.05, 4.69) is 9.97 Å². The van der Waals surface area contributed by atoms with Crippen molar-refractivity contribution < 1.29 is 4.79 Å². The number of hydrogen-bond acceptors (Lipinski definition) is 3. The van der Waals surface area contributed by atoms with E-state index in [4.69, 9.17) is 11.6 Å². The number of aromatic nitrogens is 3. The van der Waals surface area contributed by atoms with Gasteiger partial charge in [0.25, 0.3) is 0 Å². The third kappa shape index (κ3) is 1.72. The zero-order valence-electron chi connectivity index (χ0n) is 8.44. The van der Waals surface area contributed by atoms with Crippen molar-refractivity contribution in [2.75, 3.05) is 0 Å². The fourth-order valence-corrected chi connectivity index (χ4v) is 1.50. The van der Waals surface area contributed by atoms with Gasteiger partial charge in [-0.15, -0.1) is 0 Å². The Hall–Kier alpha value is -1.42. The molecule has 2 rings (SSSR count). The number of nitrogens with zero attached hydrogens (tertiary/aromatic N) is 3. The summed E-state index contributed by atoms with van der Waals surface area (Å²) in [6.07, 6.45) is 4.96. The fraction of sp³-hybridized carbons (Fsp3) is 0.300. The van der Waals surface area contributed by atoms with Gasteiger partial charge in [-0.2, -0.15) is 0 Å². The highest BCUT2D eigenvalue weighted by Crippen LogP contribution is 2.15. The van der Waals surface area contributed by atoms with E-state index in [1.807, 2.05) is 13.8 Å². The van der Waals surface area contributed by atoms with Gasteiger partial charge in [0.15, 0.2) is 16.6 Å². The highest BCUT2D eigenvalue weighted by atomic mass is 35.5. The van der Waals surface area contributed by atoms with Gasteiger partial charge in [0.1, 0.15) is 5.69 Å². The first-order chi connectivity index (χ1) is 7.09. The van der Waals surface area contributed by atoms with E-state index in [0.29, 0.717) is 16.5 Å². The van der Waals surface area contributed by atoms with Crippen molar-refractivity contribution in [2.45, 2.75) is 13.8 Å². The fourth-order valence-electron chi connectivity index (χ4n) is 1.30. The molecular formula is C10H10ClN3O. The zero-order valence-corrected chi connectivity index (χ0v) is 9.19. The topological polar surface area (TPSA) is 47.3 Å². The SMILES string of the molecule is CC(C)C(=O)c1cn2ccnc(Cl)c2n1. The van der Waals surface area contributed by atoms with E-state index in [1.165, 1.54) is 0 Å². The average molecular weight is 224 g/mol. The van der Waals surface area contributed by atoms with Crippen molar-refractivity contribution in [2.24, 2.45) is 5.92 Å². The standard InChI is InChI=1S/C10H10ClN3O/c1-6(2)8(15)7-5-14-4-3-12-9(11)10(14)13-7/h3-6H,1-2H3. The molecule has 0 aliphatic rings. The van der Waals surface area contributed by atoms with Crippen LogP contribution in [0.5, 0.6) is 0 Å². The summed E-state index contributed by atoms with van der Waals surface area (Å²) in [5.41, 5.74) is 0.947. The second-order valence-corrected chi connectivity index (χ2v) is 3.95. The number of fused-ring (bicyclic) bond motifs is 1. The predicted molar refractivity (Wildman–Crippen MR) is 57.2 cm³/mol. The Balaban J connectivity index is 2.57. The molecule has 0 radical (unpaired) electrons. The number of carbonyl (C=O) groups is 1. The van der Waals surface area contributed by atoms with Crippen molar-refractivity contribution in [1.82, 2.24) is 14.4 Å². The highest BCUT2D eigenvalue weighted by molar-refractivity contribution is 6.32. The first-order valence-electron chi connectivity index (χ1n) is 4.63. The summed E-state index contributed by atoms with van der Waals surface area (Å²) in [7, 11) is 0. The van der Waals surface area contributed by atoms with Crippen LogP contribution in [0.15, 0.2) is 18.6 Å². The number of ketones is 1. The van der Waals surface area contributed by atoms with Crippen LogP contribution in [0.3, 0.4) is 0 Å². The first-order valence-corrected chi connectivity index (χ1v) is 5.01. The van der Waals surface area contributed by atoms with E-state index >= 15 is 0 Å². The molecule has 2 heterocycles. The third-order valence-electron chi connectivity index (χ3n) is 2.11. The second-order valence-electron chi connectivity index (χ2n) is 3.59. The van der Waals surface area contributed by atoms with Gasteiger partial charge in [-0.05, 0) is 0 Å². The summed E-state index contributed by atoms with van der Waals surface area (Å²) in [6, 6.07) is 0. The number of hydrogen-bond donors (Lipinski definition) is 0. The molecule has 5 heteroatoms. The summed E-state index contributed by atoms with van der Waals surface area (Å²) in [5, 5.41) is 0.306. The Morgan fingerprint density at radius 3 is 2.87 bits per heavy atom. The first kappa shape index (κ1) is 10.1. The summed E-state index contributed by atoms with van der Waals surface area (Å²) < 4.78 is 1.70. The van der Waals surface area contributed by atoms with Crippen molar-refractivity contribution in [3.05, 3.63) is 29.4 Å². The van der Waals surface area contributed by atoms with Crippen LogP contribution in [-0.4, -0.2) is 20.2 Å². The average Bonchev–Trinajstić information content (AvgIpc) is 2.61. The van der Waals surface area contributed by atoms with Gasteiger partial charge in [-0.3, -0.25) is 4.79 Å². The lowest BCUT2D eigenvalue weighted by atomic mass is 10.1. The van der Waals surface area contributed by atoms with Crippen LogP contribution < -0.4 is 0 Å². The lowest BCUT2D eigenvalue weighted by Gasteiger charge is -1.97. The molecule has 15 heavy (non-hydrogen) atoms. The highest BCUT2D eigenvalue weighted by Gasteiger charge is 2.15. The van der Waals surface area contributed by atoms with Gasteiger partial charge in [-0.25, -0.2) is 9.97 Å². The molecule has 0 saturated carbocycles. The Morgan fingerprint density at radius 1 is 1.53 bits per heavy atom. The maximum Gasteiger partial charge on any atom is 0.185 e. The number of carbonyl (C=O) groups excluding carboxylic acids is 1. The lowest BCUT2D eigenvalue weighted by molar-refractivity contribution is 0.0935. The van der Waals surface area contributed by atoms with Crippen molar-refractivity contribution in [3.8, 4) is 0 Å². The third-order valence-corrected chi connectivity index (χ3v) is 2.38. The smallest absolute Gasteiger partial charge is 0.185 e. The summed E-state index contributed by atoms with van der Waals surface area (Å²) in [5.74, 6) is -0.0589. The van der Waals surface area contributed by atoms with Crippen molar-refractivity contribution in [3.63, 3.8) is 0 Å². The second kappa shape index (κ2) is 3.62. The van der Waals surface area contributed by atoms with Crippen LogP contribution in [0.25, 0.3) is 5.65 Å². The maximum absolute atomic E-state index is 11.7. The Morgan fingerprint density at radius 2 is 2.27 bits per heavy atom. The monoisotopic (exact) mass is 223 g/mol. The predicted octanol–water partition coefficient (Wildman–Crippen LogP) is 2.22. The van der Waals surface area contributed by atoms with E-state index in [9.17, 15) is 4.79 Å². The van der Waals surface area contributed by atoms with Crippen molar-refractivity contribution in [1.29, 1.82) is 0 Å². The largest absolute Gasteiger partial charge is 0.302 e. The van der Waals surface area contributed by atoms with Gasteiger partial charge in [0, 0.05) is 24.5 Å². The maximum atomic E-state index is 11.7. The van der Waals surface area contributed by atoms with Gasteiger partial charge >= 0.3 is 0 Å². The van der Waals surface area contributed by atoms with Crippen LogP contribution in [0.1, 0.15) is 24.3 Å². The molecule has 2 aromatic rings. The molecule has 0 amide bonds. The molecule has 0 aromatic carbocycles. The van der Waals surface area contributed by atoms with E-state index < -0.39 is 0 Å². The normalized spacial score (nSPS) is 11.2. The Bertz CT molecular complexity index is 518. The molecule has 0 bridgehead atoms. The van der Waals surface area contributed by atoms with Crippen LogP contribution >= 0.6 is 11.6 Å². The molecular weight excluding hydrogens is 214 g/mol. The molecule has 0 fully saturated rings. The molecule has 2 aromatic heterocycles. The molecule has 0 N–H and O–H groups in total. The molecule has 78 valence electrons. The van der Waals surface area contributed by atoms with Crippen LogP contribution in [0.2, 0.25) is 5.15 Å². The molecule has 0 aliphatic carbocycles. The molecule has 4 nitrogen and oxygen atoms in total. The lowest BCUT2D eigenvalue weighted by Crippen LogP contribution is -2.07. The van der Waals surface area contributed by atoms with Crippen molar-refractivity contribution >= 4 is 23.0 Å². The van der Waals surface area contributed by atoms with Gasteiger partial charge in [-0.1, -0.05) is 25.4 Å². The van der Waals surface area contributed by atoms with Crippen LogP contribution in [0, 0.1) is 5.92 Å². The van der Waals surface area contributed by atoms with E-state index in [-0.39, 0.29) is 11.7 Å². The minimum atomic E-state index is -0.0679. The molecule has 0 saturated heterocycles. The Labute approximate surface area is 91.9 Å². The molecule has 0 atom stereocenters. The number of rotatable bonds is 2. The summed E-state index contributed by atoms with van der Waals surface area (Å²) >= 11 is 5.85. The van der Waals surface area contributed by atoms with E-state index in [1.54, 1.807) is 23.0 Å². The number of Topliss-reactive ketones (excluding diaryl/α,β-unsaturated/α-hetero) is 1. The summed E-state index contributed by atoms with van der Waals surface area (Å²) in [6.45, 7) is 3.68. The minimum absolute atomic E-state index is 0.00904. The quantitative estimate of drug-likeness (QED) is 0.734. The van der Waals surface area contributed by atoms with Crippen LogP contribution in [0.4, 0.5) is 0 Å². The van der Waals surface area contributed by atoms with E-state index in [0.717, 1.165) is 0 Å². The van der Waals surface area contributed by atoms with Gasteiger partial charge < -0.3 is 4.40 Å².